The molecule has 0 aliphatic carbocycles. The Bertz CT molecular complexity index is 94.9. The van der Waals surface area contributed by atoms with Crippen LogP contribution in [0.1, 0.15) is 78.1 Å². The highest BCUT2D eigenvalue weighted by molar-refractivity contribution is 4.41. The lowest BCUT2D eigenvalue weighted by Crippen LogP contribution is -3.00. The van der Waals surface area contributed by atoms with E-state index in [4.69, 9.17) is 0 Å². The van der Waals surface area contributed by atoms with Crippen LogP contribution in [0.5, 0.6) is 0 Å². The number of quaternary nitrogens is 1. The molecule has 0 unspecified atom stereocenters. The van der Waals surface area contributed by atoms with Gasteiger partial charge >= 0.3 is 0 Å². The maximum absolute atomic E-state index is 2.51. The second-order valence-electron chi connectivity index (χ2n) is 4.69. The van der Waals surface area contributed by atoms with Crippen LogP contribution >= 0.6 is 0 Å². The predicted molar refractivity (Wildman–Crippen MR) is 69.2 cm³/mol. The number of halogens is 1. The van der Waals surface area contributed by atoms with Gasteiger partial charge in [-0.2, -0.15) is 0 Å². The van der Waals surface area contributed by atoms with Gasteiger partial charge in [0, 0.05) is 0 Å². The van der Waals surface area contributed by atoms with E-state index in [1.807, 2.05) is 0 Å². The van der Waals surface area contributed by atoms with Crippen molar-refractivity contribution >= 4 is 0 Å². The van der Waals surface area contributed by atoms with Gasteiger partial charge < -0.3 is 29.3 Å². The Kier molecular flexibility index (Phi) is 21.5. The number of rotatable bonds is 12. The summed E-state index contributed by atoms with van der Waals surface area (Å²) in [5, 5.41) is 2.51. The Hall–Kier alpha value is 0.690. The number of hydrogen-bond acceptors (Lipinski definition) is 0. The maximum Gasteiger partial charge on any atom is 0.0755 e. The zero-order valence-electron chi connectivity index (χ0n) is 11.4. The molecule has 16 heavy (non-hydrogen) atoms. The van der Waals surface area contributed by atoms with Crippen molar-refractivity contribution in [2.75, 3.05) is 13.1 Å². The van der Waals surface area contributed by atoms with Crippen LogP contribution in [0.2, 0.25) is 0 Å². The van der Waals surface area contributed by atoms with Crippen molar-refractivity contribution in [2.45, 2.75) is 78.1 Å². The normalized spacial score (nSPS) is 10.1. The van der Waals surface area contributed by atoms with Gasteiger partial charge in [-0.05, 0) is 25.7 Å². The molecule has 2 heteroatoms. The first-order valence-corrected chi connectivity index (χ1v) is 7.23. The molecule has 0 heterocycles. The molecule has 0 spiro atoms. The third-order valence-electron chi connectivity index (χ3n) is 3.02. The fourth-order valence-corrected chi connectivity index (χ4v) is 1.93. The van der Waals surface area contributed by atoms with Crippen molar-refractivity contribution in [3.63, 3.8) is 0 Å². The standard InChI is InChI=1S/C14H31N.HI/c1-3-5-7-9-11-13-15-14-12-10-8-6-4-2;/h15H,3-14H2,1-2H3;1H. The average molecular weight is 341 g/mol. The Balaban J connectivity index is 0. The molecule has 0 aromatic carbocycles. The van der Waals surface area contributed by atoms with Crippen LogP contribution in [-0.4, -0.2) is 13.1 Å². The lowest BCUT2D eigenvalue weighted by molar-refractivity contribution is -0.655. The smallest absolute Gasteiger partial charge is 0.0755 e. The summed E-state index contributed by atoms with van der Waals surface area (Å²) >= 11 is 0. The van der Waals surface area contributed by atoms with Crippen LogP contribution in [0, 0.1) is 0 Å². The monoisotopic (exact) mass is 341 g/mol. The first kappa shape index (κ1) is 19.0. The zero-order valence-corrected chi connectivity index (χ0v) is 13.6. The van der Waals surface area contributed by atoms with Gasteiger partial charge in [0.2, 0.25) is 0 Å². The number of hydrogen-bond donors (Lipinski definition) is 1. The Morgan fingerprint density at radius 1 is 0.562 bits per heavy atom. The van der Waals surface area contributed by atoms with Crippen molar-refractivity contribution < 1.29 is 29.3 Å². The van der Waals surface area contributed by atoms with Gasteiger partial charge in [0.05, 0.1) is 13.1 Å². The second-order valence-corrected chi connectivity index (χ2v) is 4.69. The molecule has 0 aliphatic rings. The Labute approximate surface area is 120 Å². The second kappa shape index (κ2) is 18.1. The molecule has 0 radical (unpaired) electrons. The van der Waals surface area contributed by atoms with E-state index >= 15 is 0 Å². The zero-order chi connectivity index (χ0) is 11.2. The van der Waals surface area contributed by atoms with E-state index in [0.29, 0.717) is 0 Å². The lowest BCUT2D eigenvalue weighted by atomic mass is 10.1. The van der Waals surface area contributed by atoms with E-state index < -0.39 is 0 Å². The molecular weight excluding hydrogens is 309 g/mol. The molecule has 100 valence electrons. The van der Waals surface area contributed by atoms with Crippen molar-refractivity contribution in [3.8, 4) is 0 Å². The van der Waals surface area contributed by atoms with Crippen LogP contribution in [0.3, 0.4) is 0 Å². The van der Waals surface area contributed by atoms with Crippen molar-refractivity contribution in [1.29, 1.82) is 0 Å². The molecule has 0 saturated heterocycles. The van der Waals surface area contributed by atoms with Gasteiger partial charge in [-0.3, -0.25) is 0 Å². The molecule has 0 fully saturated rings. The molecule has 0 saturated carbocycles. The third kappa shape index (κ3) is 17.1. The van der Waals surface area contributed by atoms with E-state index in [1.54, 1.807) is 0 Å². The van der Waals surface area contributed by atoms with Gasteiger partial charge in [-0.1, -0.05) is 52.4 Å². The van der Waals surface area contributed by atoms with Gasteiger partial charge in [0.15, 0.2) is 0 Å². The minimum atomic E-state index is 0. The van der Waals surface area contributed by atoms with Gasteiger partial charge in [-0.25, -0.2) is 0 Å². The first-order chi connectivity index (χ1) is 7.41. The molecule has 0 aliphatic heterocycles. The average Bonchev–Trinajstić information content (AvgIpc) is 2.26. The third-order valence-corrected chi connectivity index (χ3v) is 3.02. The fraction of sp³-hybridized carbons (Fsp3) is 1.00. The molecule has 0 bridgehead atoms. The fourth-order valence-electron chi connectivity index (χ4n) is 1.93. The summed E-state index contributed by atoms with van der Waals surface area (Å²) in [5.74, 6) is 0. The number of nitrogens with two attached hydrogens (primary N) is 1. The first-order valence-electron chi connectivity index (χ1n) is 7.23. The van der Waals surface area contributed by atoms with E-state index in [1.165, 1.54) is 77.3 Å². The summed E-state index contributed by atoms with van der Waals surface area (Å²) in [4.78, 5) is 0. The largest absolute Gasteiger partial charge is 1.00 e. The van der Waals surface area contributed by atoms with Crippen LogP contribution in [0.25, 0.3) is 0 Å². The molecule has 0 rings (SSSR count). The summed E-state index contributed by atoms with van der Waals surface area (Å²) in [6.07, 6.45) is 14.2. The van der Waals surface area contributed by atoms with E-state index in [0.717, 1.165) is 0 Å². The highest BCUT2D eigenvalue weighted by atomic mass is 127. The van der Waals surface area contributed by atoms with Gasteiger partial charge in [-0.15, -0.1) is 0 Å². The molecule has 0 amide bonds. The molecule has 0 aromatic rings. The highest BCUT2D eigenvalue weighted by Gasteiger charge is 1.93. The van der Waals surface area contributed by atoms with Crippen molar-refractivity contribution in [2.24, 2.45) is 0 Å². The minimum Gasteiger partial charge on any atom is -1.00 e. The predicted octanol–water partition coefficient (Wildman–Crippen LogP) is 0.495. The van der Waals surface area contributed by atoms with E-state index in [2.05, 4.69) is 19.2 Å². The topological polar surface area (TPSA) is 16.6 Å². The van der Waals surface area contributed by atoms with Crippen LogP contribution in [0.4, 0.5) is 0 Å². The Morgan fingerprint density at radius 2 is 0.938 bits per heavy atom. The maximum atomic E-state index is 2.51. The molecule has 0 aromatic heterocycles. The summed E-state index contributed by atoms with van der Waals surface area (Å²) < 4.78 is 0. The van der Waals surface area contributed by atoms with Gasteiger partial charge in [0.1, 0.15) is 0 Å². The van der Waals surface area contributed by atoms with Crippen molar-refractivity contribution in [3.05, 3.63) is 0 Å². The van der Waals surface area contributed by atoms with Crippen LogP contribution in [0.15, 0.2) is 0 Å². The molecule has 2 N–H and O–H groups in total. The summed E-state index contributed by atoms with van der Waals surface area (Å²) in [6, 6.07) is 0. The molecular formula is C14H32IN. The van der Waals surface area contributed by atoms with E-state index in [9.17, 15) is 0 Å². The molecule has 1 nitrogen and oxygen atoms in total. The SMILES string of the molecule is CCCCCCC[NH2+]CCCCCCC.[I-]. The summed E-state index contributed by atoms with van der Waals surface area (Å²) in [5.41, 5.74) is 0. The highest BCUT2D eigenvalue weighted by Crippen LogP contribution is 2.01. The van der Waals surface area contributed by atoms with Crippen LogP contribution < -0.4 is 29.3 Å². The van der Waals surface area contributed by atoms with Gasteiger partial charge in [0.25, 0.3) is 0 Å². The molecule has 0 atom stereocenters. The minimum absolute atomic E-state index is 0. The Morgan fingerprint density at radius 3 is 1.31 bits per heavy atom. The van der Waals surface area contributed by atoms with Crippen molar-refractivity contribution in [1.82, 2.24) is 0 Å². The summed E-state index contributed by atoms with van der Waals surface area (Å²) in [6.45, 7) is 7.28. The quantitative estimate of drug-likeness (QED) is 0.393. The summed E-state index contributed by atoms with van der Waals surface area (Å²) in [7, 11) is 0. The number of unbranched alkanes of at least 4 members (excludes halogenated alkanes) is 8. The lowest BCUT2D eigenvalue weighted by Gasteiger charge is -2.02. The van der Waals surface area contributed by atoms with Crippen LogP contribution in [-0.2, 0) is 0 Å². The van der Waals surface area contributed by atoms with E-state index in [-0.39, 0.29) is 24.0 Å².